The van der Waals surface area contributed by atoms with Crippen molar-refractivity contribution in [2.45, 2.75) is 38.5 Å². The molecule has 2 aromatic carbocycles. The molecule has 7 rings (SSSR count). The monoisotopic (exact) mass is 630 g/mol. The number of Topliss-reactive ketones (excluding diaryl/α,β-unsaturated/α-hetero) is 1. The van der Waals surface area contributed by atoms with Crippen LogP contribution in [0.1, 0.15) is 64.9 Å². The van der Waals surface area contributed by atoms with Crippen LogP contribution in [0.3, 0.4) is 0 Å². The minimum Gasteiger partial charge on any atom is -0.287 e. The molecule has 3 aliphatic rings. The van der Waals surface area contributed by atoms with Crippen molar-refractivity contribution in [2.24, 2.45) is 9.98 Å². The van der Waals surface area contributed by atoms with Gasteiger partial charge >= 0.3 is 0 Å². The van der Waals surface area contributed by atoms with Crippen molar-refractivity contribution >= 4 is 61.0 Å². The summed E-state index contributed by atoms with van der Waals surface area (Å²) >= 11 is 3.07. The van der Waals surface area contributed by atoms with Crippen molar-refractivity contribution in [3.05, 3.63) is 105 Å². The molecule has 218 valence electrons. The molecule has 0 N–H and O–H groups in total. The summed E-state index contributed by atoms with van der Waals surface area (Å²) in [6.07, 6.45) is 2.23. The molecule has 0 fully saturated rings. The molecule has 0 atom stereocenters. The van der Waals surface area contributed by atoms with E-state index in [2.05, 4.69) is 32.1 Å². The Morgan fingerprint density at radius 3 is 1.85 bits per heavy atom. The molecule has 2 heterocycles. The smallest absolute Gasteiger partial charge is 0.212 e. The number of thiophene rings is 2. The Balaban J connectivity index is 1.36. The molecule has 0 radical (unpaired) electrons. The number of nitrogens with zero attached hydrogens (tertiary/aromatic N) is 6. The van der Waals surface area contributed by atoms with E-state index in [0.29, 0.717) is 33.8 Å². The third-order valence-electron chi connectivity index (χ3n) is 9.12. The van der Waals surface area contributed by atoms with Crippen molar-refractivity contribution in [2.75, 3.05) is 0 Å². The molecule has 0 amide bonds. The van der Waals surface area contributed by atoms with E-state index in [1.165, 1.54) is 16.9 Å². The summed E-state index contributed by atoms with van der Waals surface area (Å²) in [6, 6.07) is 27.0. The number of ketones is 1. The van der Waals surface area contributed by atoms with Gasteiger partial charge in [0, 0.05) is 28.5 Å². The second-order valence-corrected chi connectivity index (χ2v) is 13.2. The van der Waals surface area contributed by atoms with E-state index < -0.39 is 0 Å². The van der Waals surface area contributed by atoms with Gasteiger partial charge in [-0.15, -0.1) is 22.7 Å². The average Bonchev–Trinajstić information content (AvgIpc) is 3.87. The van der Waals surface area contributed by atoms with E-state index in [0.717, 1.165) is 44.3 Å². The SMILES string of the molecule is CCC1(CC)c2cc(N=C3Cc4ccccc4C3=C(C#N)C#N)sc2-c2sc(N=C3C(=O)c4ccccc4C3=C(C#N)C#N)cc21. The lowest BCUT2D eigenvalue weighted by atomic mass is 9.75. The van der Waals surface area contributed by atoms with Gasteiger partial charge in [0.2, 0.25) is 5.78 Å². The zero-order chi connectivity index (χ0) is 32.2. The third-order valence-corrected chi connectivity index (χ3v) is 11.3. The Bertz CT molecular complexity index is 2300. The second kappa shape index (κ2) is 11.0. The first-order valence-corrected chi connectivity index (χ1v) is 16.3. The lowest BCUT2D eigenvalue weighted by molar-refractivity contribution is 0.107. The summed E-state index contributed by atoms with van der Waals surface area (Å²) in [5.74, 6) is -0.301. The number of hydrogen-bond donors (Lipinski definition) is 0. The second-order valence-electron chi connectivity index (χ2n) is 11.1. The van der Waals surface area contributed by atoms with Crippen LogP contribution in [0.5, 0.6) is 0 Å². The molecule has 0 saturated carbocycles. The predicted octanol–water partition coefficient (Wildman–Crippen LogP) is 8.80. The van der Waals surface area contributed by atoms with E-state index in [1.54, 1.807) is 35.6 Å². The number of hydrogen-bond acceptors (Lipinski definition) is 9. The van der Waals surface area contributed by atoms with Crippen molar-refractivity contribution in [3.8, 4) is 34.0 Å². The van der Waals surface area contributed by atoms with E-state index in [4.69, 9.17) is 9.98 Å². The number of benzene rings is 2. The maximum absolute atomic E-state index is 13.5. The quantitative estimate of drug-likeness (QED) is 0.208. The van der Waals surface area contributed by atoms with E-state index >= 15 is 0 Å². The van der Waals surface area contributed by atoms with E-state index in [-0.39, 0.29) is 33.6 Å². The number of fused-ring (bicyclic) bond motifs is 5. The highest BCUT2D eigenvalue weighted by atomic mass is 32.1. The van der Waals surface area contributed by atoms with Gasteiger partial charge in [-0.2, -0.15) is 21.0 Å². The Hall–Kier alpha value is -5.71. The zero-order valence-electron chi connectivity index (χ0n) is 24.8. The molecule has 9 heteroatoms. The largest absolute Gasteiger partial charge is 0.287 e. The normalized spacial score (nSPS) is 16.7. The molecule has 0 spiro atoms. The molecule has 0 unspecified atom stereocenters. The van der Waals surface area contributed by atoms with Crippen LogP contribution in [0, 0.1) is 45.3 Å². The van der Waals surface area contributed by atoms with Crippen LogP contribution < -0.4 is 0 Å². The Morgan fingerprint density at radius 1 is 0.739 bits per heavy atom. The summed E-state index contributed by atoms with van der Waals surface area (Å²) in [6.45, 7) is 4.33. The summed E-state index contributed by atoms with van der Waals surface area (Å²) in [4.78, 5) is 25.5. The number of allylic oxidation sites excluding steroid dienone is 4. The molecular weight excluding hydrogens is 609 g/mol. The number of aliphatic imine (C=N–C) groups is 2. The summed E-state index contributed by atoms with van der Waals surface area (Å²) < 4.78 is 0. The fraction of sp³-hybridized carbons (Fsp3) is 0.162. The molecule has 2 aromatic heterocycles. The summed E-state index contributed by atoms with van der Waals surface area (Å²) in [5, 5.41) is 40.3. The fourth-order valence-corrected chi connectivity index (χ4v) is 9.38. The molecular formula is C37H22N6OS2. The topological polar surface area (TPSA) is 137 Å². The first-order valence-electron chi connectivity index (χ1n) is 14.7. The highest BCUT2D eigenvalue weighted by Gasteiger charge is 2.44. The highest BCUT2D eigenvalue weighted by Crippen LogP contribution is 2.61. The lowest BCUT2D eigenvalue weighted by Crippen LogP contribution is -2.22. The van der Waals surface area contributed by atoms with Gasteiger partial charge in [0.1, 0.15) is 51.1 Å². The van der Waals surface area contributed by atoms with Crippen LogP contribution in [0.4, 0.5) is 10.0 Å². The summed E-state index contributed by atoms with van der Waals surface area (Å²) in [7, 11) is 0. The van der Waals surface area contributed by atoms with Crippen LogP contribution in [0.15, 0.2) is 81.8 Å². The molecule has 0 saturated heterocycles. The van der Waals surface area contributed by atoms with Crippen LogP contribution in [0.25, 0.3) is 20.9 Å². The van der Waals surface area contributed by atoms with Crippen LogP contribution in [-0.2, 0) is 11.8 Å². The molecule has 7 nitrogen and oxygen atoms in total. The standard InChI is InChI=1S/C37H22N6OS2/c1-3-37(4-2)26-14-29(42-28-13-20-9-5-6-10-23(20)31(28)21(16-38)17-39)45-35(26)36-27(37)15-30(46-36)43-33-32(22(18-40)19-41)24-11-7-8-12-25(24)34(33)44/h5-12,14-15H,3-4,13H2,1-2H3. The molecule has 4 aromatic rings. The van der Waals surface area contributed by atoms with Gasteiger partial charge in [-0.05, 0) is 52.8 Å². The molecule has 3 aliphatic carbocycles. The number of rotatable bonds is 4. The van der Waals surface area contributed by atoms with Crippen LogP contribution >= 0.6 is 22.7 Å². The Morgan fingerprint density at radius 2 is 1.26 bits per heavy atom. The van der Waals surface area contributed by atoms with Crippen molar-refractivity contribution in [1.82, 2.24) is 0 Å². The van der Waals surface area contributed by atoms with Gasteiger partial charge in [0.15, 0.2) is 0 Å². The van der Waals surface area contributed by atoms with Crippen LogP contribution in [-0.4, -0.2) is 17.2 Å². The summed E-state index contributed by atoms with van der Waals surface area (Å²) in [5.41, 5.74) is 6.59. The molecule has 0 aliphatic heterocycles. The minimum atomic E-state index is -0.301. The highest BCUT2D eigenvalue weighted by molar-refractivity contribution is 7.26. The van der Waals surface area contributed by atoms with Gasteiger partial charge < -0.3 is 0 Å². The lowest BCUT2D eigenvalue weighted by Gasteiger charge is -2.27. The van der Waals surface area contributed by atoms with Gasteiger partial charge in [-0.1, -0.05) is 62.4 Å². The first kappa shape index (κ1) is 29.0. The Labute approximate surface area is 273 Å². The van der Waals surface area contributed by atoms with Gasteiger partial charge in [0.05, 0.1) is 15.5 Å². The Kier molecular flexibility index (Phi) is 6.96. The third kappa shape index (κ3) is 4.08. The number of carbonyl (C=O) groups excluding carboxylic acids is 1. The number of nitriles is 4. The number of carbonyl (C=O) groups is 1. The zero-order valence-corrected chi connectivity index (χ0v) is 26.4. The maximum atomic E-state index is 13.5. The van der Waals surface area contributed by atoms with E-state index in [1.807, 2.05) is 42.5 Å². The predicted molar refractivity (Wildman–Crippen MR) is 180 cm³/mol. The van der Waals surface area contributed by atoms with Gasteiger partial charge in [-0.3, -0.25) is 4.79 Å². The molecule has 0 bridgehead atoms. The van der Waals surface area contributed by atoms with E-state index in [9.17, 15) is 25.8 Å². The molecule has 46 heavy (non-hydrogen) atoms. The average molecular weight is 631 g/mol. The van der Waals surface area contributed by atoms with Crippen molar-refractivity contribution < 1.29 is 4.79 Å². The first-order chi connectivity index (χ1) is 22.4. The minimum absolute atomic E-state index is 0.0570. The van der Waals surface area contributed by atoms with Crippen LogP contribution in [0.2, 0.25) is 0 Å². The van der Waals surface area contributed by atoms with Crippen molar-refractivity contribution in [3.63, 3.8) is 0 Å². The van der Waals surface area contributed by atoms with Crippen molar-refractivity contribution in [1.29, 1.82) is 21.0 Å². The maximum Gasteiger partial charge on any atom is 0.212 e. The van der Waals surface area contributed by atoms with Gasteiger partial charge in [0.25, 0.3) is 0 Å². The van der Waals surface area contributed by atoms with Gasteiger partial charge in [-0.25, -0.2) is 9.98 Å². The fourth-order valence-electron chi connectivity index (χ4n) is 6.93.